The monoisotopic (exact) mass is 441 g/mol. The van der Waals surface area contributed by atoms with Gasteiger partial charge in [0.15, 0.2) is 18.1 Å². The number of amides is 2. The van der Waals surface area contributed by atoms with Gasteiger partial charge < -0.3 is 14.8 Å². The van der Waals surface area contributed by atoms with E-state index in [1.807, 2.05) is 13.0 Å². The van der Waals surface area contributed by atoms with Crippen LogP contribution in [0.3, 0.4) is 0 Å². The fourth-order valence-electron chi connectivity index (χ4n) is 3.35. The molecular weight excluding hydrogens is 422 g/mol. The van der Waals surface area contributed by atoms with Crippen LogP contribution in [0.15, 0.2) is 42.7 Å². The van der Waals surface area contributed by atoms with Crippen molar-refractivity contribution in [3.63, 3.8) is 0 Å². The lowest BCUT2D eigenvalue weighted by Crippen LogP contribution is -2.29. The summed E-state index contributed by atoms with van der Waals surface area (Å²) in [4.78, 5) is 28.4. The fourth-order valence-corrected chi connectivity index (χ4v) is 3.52. The van der Waals surface area contributed by atoms with Gasteiger partial charge in [-0.25, -0.2) is 4.68 Å². The number of carbonyl (C=O) groups is 2. The molecule has 1 atom stereocenters. The van der Waals surface area contributed by atoms with Crippen LogP contribution in [0, 0.1) is 6.92 Å². The summed E-state index contributed by atoms with van der Waals surface area (Å²) >= 11 is 6.09. The highest BCUT2D eigenvalue weighted by atomic mass is 35.5. The molecule has 4 rings (SSSR count). The second kappa shape index (κ2) is 8.65. The van der Waals surface area contributed by atoms with Crippen molar-refractivity contribution in [3.05, 3.63) is 58.9 Å². The first-order chi connectivity index (χ1) is 15.0. The Kier molecular flexibility index (Phi) is 5.77. The summed E-state index contributed by atoms with van der Waals surface area (Å²) in [5.74, 6) is 0.777. The summed E-state index contributed by atoms with van der Waals surface area (Å²) in [6.45, 7) is 1.62. The summed E-state index contributed by atoms with van der Waals surface area (Å²) in [6.07, 6.45) is 1.62. The number of benzene rings is 2. The molecule has 0 spiro atoms. The van der Waals surface area contributed by atoms with Crippen molar-refractivity contribution in [1.29, 1.82) is 0 Å². The van der Waals surface area contributed by atoms with E-state index in [0.717, 1.165) is 11.1 Å². The number of nitrogens with one attached hydrogen (secondary N) is 2. The molecule has 9 nitrogen and oxygen atoms in total. The average molecular weight is 442 g/mol. The van der Waals surface area contributed by atoms with Gasteiger partial charge in [0.2, 0.25) is 11.9 Å². The number of carbonyl (C=O) groups excluding carboxylic acids is 2. The van der Waals surface area contributed by atoms with E-state index in [2.05, 4.69) is 20.7 Å². The molecule has 3 aromatic rings. The summed E-state index contributed by atoms with van der Waals surface area (Å²) in [5, 5.41) is 10.2. The maximum atomic E-state index is 12.3. The average Bonchev–Trinajstić information content (AvgIpc) is 3.23. The minimum atomic E-state index is -0.326. The number of rotatable bonds is 6. The second-order valence-electron chi connectivity index (χ2n) is 6.96. The van der Waals surface area contributed by atoms with Crippen molar-refractivity contribution in [1.82, 2.24) is 14.8 Å². The molecule has 1 aromatic heterocycles. The van der Waals surface area contributed by atoms with Gasteiger partial charge in [-0.2, -0.15) is 10.1 Å². The third-order valence-electron chi connectivity index (χ3n) is 4.97. The van der Waals surface area contributed by atoms with Crippen LogP contribution >= 0.6 is 11.6 Å². The summed E-state index contributed by atoms with van der Waals surface area (Å²) in [6, 6.07) is 10.3. The van der Waals surface area contributed by atoms with Crippen LogP contribution in [0.4, 0.5) is 11.6 Å². The van der Waals surface area contributed by atoms with Crippen LogP contribution < -0.4 is 20.1 Å². The first-order valence-corrected chi connectivity index (χ1v) is 9.89. The number of hydrogen-bond acceptors (Lipinski definition) is 6. The van der Waals surface area contributed by atoms with Crippen LogP contribution in [-0.2, 0) is 9.59 Å². The molecule has 31 heavy (non-hydrogen) atoms. The van der Waals surface area contributed by atoms with Crippen molar-refractivity contribution < 1.29 is 19.1 Å². The number of aromatic nitrogens is 3. The largest absolute Gasteiger partial charge is 0.493 e. The highest BCUT2D eigenvalue weighted by Crippen LogP contribution is 2.35. The Morgan fingerprint density at radius 1 is 1.32 bits per heavy atom. The van der Waals surface area contributed by atoms with E-state index >= 15 is 0 Å². The Morgan fingerprint density at radius 3 is 2.97 bits per heavy atom. The quantitative estimate of drug-likeness (QED) is 0.608. The maximum Gasteiger partial charge on any atom is 0.262 e. The smallest absolute Gasteiger partial charge is 0.262 e. The maximum absolute atomic E-state index is 12.3. The molecule has 0 aliphatic carbocycles. The van der Waals surface area contributed by atoms with Gasteiger partial charge in [0.1, 0.15) is 6.33 Å². The Labute approximate surface area is 183 Å². The van der Waals surface area contributed by atoms with Crippen LogP contribution in [0.1, 0.15) is 23.6 Å². The van der Waals surface area contributed by atoms with Gasteiger partial charge in [0.25, 0.3) is 5.91 Å². The van der Waals surface area contributed by atoms with Crippen molar-refractivity contribution >= 4 is 35.1 Å². The number of nitrogens with zero attached hydrogens (tertiary/aromatic N) is 3. The lowest BCUT2D eigenvalue weighted by molar-refractivity contribution is -0.118. The summed E-state index contributed by atoms with van der Waals surface area (Å²) in [7, 11) is 1.51. The van der Waals surface area contributed by atoms with Gasteiger partial charge in [0, 0.05) is 10.7 Å². The lowest BCUT2D eigenvalue weighted by Gasteiger charge is -2.24. The molecule has 0 fully saturated rings. The van der Waals surface area contributed by atoms with Gasteiger partial charge in [-0.15, -0.1) is 0 Å². The molecule has 1 aliphatic rings. The number of methoxy groups -OCH3 is 1. The molecule has 2 N–H and O–H groups in total. The van der Waals surface area contributed by atoms with E-state index in [1.165, 1.54) is 13.4 Å². The molecule has 2 aromatic carbocycles. The van der Waals surface area contributed by atoms with Gasteiger partial charge >= 0.3 is 0 Å². The molecule has 2 heterocycles. The molecular formula is C21H20ClN5O4. The standard InChI is InChI=1S/C21H20ClN5O4/c1-12-14(22)4-3-5-15(12)25-20(29)10-31-17-7-6-13(8-18(17)30-2)16-9-19(28)26-21-23-11-24-27(16)21/h3-8,11,16H,9-10H2,1-2H3,(H,25,29)(H,23,24,26,28)/t16-/m1/s1. The van der Waals surface area contributed by atoms with Crippen LogP contribution in [-0.4, -0.2) is 40.3 Å². The number of fused-ring (bicyclic) bond motifs is 1. The van der Waals surface area contributed by atoms with Gasteiger partial charge in [0.05, 0.1) is 19.6 Å². The Bertz CT molecular complexity index is 1150. The number of anilines is 2. The van der Waals surface area contributed by atoms with Crippen molar-refractivity contribution in [2.45, 2.75) is 19.4 Å². The van der Waals surface area contributed by atoms with Gasteiger partial charge in [-0.1, -0.05) is 23.7 Å². The van der Waals surface area contributed by atoms with E-state index in [1.54, 1.807) is 35.0 Å². The highest BCUT2D eigenvalue weighted by Gasteiger charge is 2.28. The summed E-state index contributed by atoms with van der Waals surface area (Å²) < 4.78 is 12.8. The second-order valence-corrected chi connectivity index (χ2v) is 7.36. The van der Waals surface area contributed by atoms with Crippen molar-refractivity contribution in [2.75, 3.05) is 24.4 Å². The molecule has 1 aliphatic heterocycles. The topological polar surface area (TPSA) is 107 Å². The van der Waals surface area contributed by atoms with E-state index in [9.17, 15) is 9.59 Å². The third-order valence-corrected chi connectivity index (χ3v) is 5.38. The third kappa shape index (κ3) is 4.31. The first kappa shape index (κ1) is 20.7. The van der Waals surface area contributed by atoms with Crippen LogP contribution in [0.2, 0.25) is 5.02 Å². The van der Waals surface area contributed by atoms with Gasteiger partial charge in [-0.3, -0.25) is 14.9 Å². The molecule has 0 radical (unpaired) electrons. The van der Waals surface area contributed by atoms with Crippen LogP contribution in [0.5, 0.6) is 11.5 Å². The highest BCUT2D eigenvalue weighted by molar-refractivity contribution is 6.31. The zero-order valence-electron chi connectivity index (χ0n) is 16.9. The molecule has 160 valence electrons. The number of halogens is 1. The van der Waals surface area contributed by atoms with Crippen molar-refractivity contribution in [3.8, 4) is 11.5 Å². The zero-order chi connectivity index (χ0) is 22.0. The molecule has 0 bridgehead atoms. The normalized spacial score (nSPS) is 15.1. The molecule has 10 heteroatoms. The summed E-state index contributed by atoms with van der Waals surface area (Å²) in [5.41, 5.74) is 2.22. The molecule has 0 unspecified atom stereocenters. The van der Waals surface area contributed by atoms with Crippen molar-refractivity contribution in [2.24, 2.45) is 0 Å². The van der Waals surface area contributed by atoms with Gasteiger partial charge in [-0.05, 0) is 42.3 Å². The SMILES string of the molecule is COc1cc([C@H]2CC(=O)Nc3ncnn32)ccc1OCC(=O)Nc1cccc(Cl)c1C. The van der Waals surface area contributed by atoms with E-state index < -0.39 is 0 Å². The predicted molar refractivity (Wildman–Crippen MR) is 115 cm³/mol. The lowest BCUT2D eigenvalue weighted by atomic mass is 10.0. The van der Waals surface area contributed by atoms with E-state index in [-0.39, 0.29) is 30.9 Å². The predicted octanol–water partition coefficient (Wildman–Crippen LogP) is 3.20. The fraction of sp³-hybridized carbons (Fsp3) is 0.238. The number of ether oxygens (including phenoxy) is 2. The van der Waals surface area contributed by atoms with Crippen LogP contribution in [0.25, 0.3) is 0 Å². The Balaban J connectivity index is 1.47. The Hall–Kier alpha value is -3.59. The minimum Gasteiger partial charge on any atom is -0.493 e. The Morgan fingerprint density at radius 2 is 2.16 bits per heavy atom. The van der Waals surface area contributed by atoms with E-state index in [0.29, 0.717) is 28.2 Å². The first-order valence-electron chi connectivity index (χ1n) is 9.51. The molecule has 0 saturated heterocycles. The number of hydrogen-bond donors (Lipinski definition) is 2. The zero-order valence-corrected chi connectivity index (χ0v) is 17.6. The van der Waals surface area contributed by atoms with E-state index in [4.69, 9.17) is 21.1 Å². The molecule has 0 saturated carbocycles. The molecule has 2 amide bonds. The minimum absolute atomic E-state index is 0.141.